The fourth-order valence-corrected chi connectivity index (χ4v) is 4.09. The number of nitrogens with zero attached hydrogens (tertiary/aromatic N) is 3. The van der Waals surface area contributed by atoms with Gasteiger partial charge in [0.15, 0.2) is 23.4 Å². The number of carbonyl (C=O) groups is 1. The summed E-state index contributed by atoms with van der Waals surface area (Å²) in [5.41, 5.74) is 1.37. The molecule has 0 saturated carbocycles. The molecule has 0 aliphatic carbocycles. The Kier molecular flexibility index (Phi) is 6.85. The molecule has 0 bridgehead atoms. The lowest BCUT2D eigenvalue weighted by atomic mass is 10.2. The molecule has 0 aliphatic rings. The van der Waals surface area contributed by atoms with Crippen LogP contribution in [0.5, 0.6) is 11.5 Å². The molecule has 38 heavy (non-hydrogen) atoms. The lowest BCUT2D eigenvalue weighted by Crippen LogP contribution is -2.25. The molecule has 10 heteroatoms. The number of hydrogen-bond donors (Lipinski definition) is 0. The average molecular weight is 532 g/mol. The molecule has 2 aromatic heterocycles. The van der Waals surface area contributed by atoms with Crippen molar-refractivity contribution in [3.8, 4) is 23.1 Å². The molecule has 5 aromatic rings. The number of fused-ring (bicyclic) bond motifs is 2. The minimum absolute atomic E-state index is 0.232. The lowest BCUT2D eigenvalue weighted by molar-refractivity contribution is -0.147. The first kappa shape index (κ1) is 25.0. The van der Waals surface area contributed by atoms with Crippen molar-refractivity contribution in [2.45, 2.75) is 13.0 Å². The van der Waals surface area contributed by atoms with E-state index in [1.807, 2.05) is 6.07 Å². The van der Waals surface area contributed by atoms with Gasteiger partial charge in [0.05, 0.1) is 31.3 Å². The van der Waals surface area contributed by atoms with Crippen molar-refractivity contribution in [2.75, 3.05) is 14.2 Å². The molecule has 3 aromatic carbocycles. The van der Waals surface area contributed by atoms with E-state index in [1.165, 1.54) is 25.1 Å². The van der Waals surface area contributed by atoms with Crippen LogP contribution in [0.1, 0.15) is 12.5 Å². The summed E-state index contributed by atoms with van der Waals surface area (Å²) in [7, 11) is 2.77. The quantitative estimate of drug-likeness (QED) is 0.207. The molecule has 0 amide bonds. The summed E-state index contributed by atoms with van der Waals surface area (Å²) in [6.07, 6.45) is 0.675. The molecule has 0 saturated heterocycles. The molecule has 2 heterocycles. The highest BCUT2D eigenvalue weighted by atomic mass is 35.5. The van der Waals surface area contributed by atoms with Gasteiger partial charge >= 0.3 is 5.97 Å². The Balaban J connectivity index is 1.58. The monoisotopic (exact) mass is 531 g/mol. The van der Waals surface area contributed by atoms with Crippen LogP contribution in [-0.4, -0.2) is 42.2 Å². The predicted octanol–water partition coefficient (Wildman–Crippen LogP) is 5.29. The Morgan fingerprint density at radius 2 is 1.89 bits per heavy atom. The minimum Gasteiger partial charge on any atom is -0.493 e. The van der Waals surface area contributed by atoms with Gasteiger partial charge < -0.3 is 18.6 Å². The van der Waals surface area contributed by atoms with E-state index in [0.29, 0.717) is 44.3 Å². The topological polar surface area (TPSA) is 105 Å². The number of aromatic nitrogens is 2. The summed E-state index contributed by atoms with van der Waals surface area (Å²) < 4.78 is 23.0. The maximum Gasteiger partial charge on any atom is 0.346 e. The van der Waals surface area contributed by atoms with E-state index in [4.69, 9.17) is 30.2 Å². The Hall–Kier alpha value is -4.63. The fourth-order valence-electron chi connectivity index (χ4n) is 3.91. The molecular formula is C28H22ClN3O6. The number of benzene rings is 3. The van der Waals surface area contributed by atoms with E-state index in [1.54, 1.807) is 67.6 Å². The molecular weight excluding hydrogens is 510 g/mol. The first-order valence-electron chi connectivity index (χ1n) is 11.6. The van der Waals surface area contributed by atoms with Gasteiger partial charge in [0.2, 0.25) is 5.82 Å². The van der Waals surface area contributed by atoms with Gasteiger partial charge in [-0.1, -0.05) is 23.7 Å². The van der Waals surface area contributed by atoms with Crippen molar-refractivity contribution in [2.24, 2.45) is 5.10 Å². The zero-order valence-electron chi connectivity index (χ0n) is 20.7. The van der Waals surface area contributed by atoms with Crippen molar-refractivity contribution in [1.29, 1.82) is 0 Å². The molecule has 0 N–H and O–H groups in total. The van der Waals surface area contributed by atoms with Crippen LogP contribution in [-0.2, 0) is 9.53 Å². The van der Waals surface area contributed by atoms with Crippen LogP contribution in [0.15, 0.2) is 81.0 Å². The maximum absolute atomic E-state index is 13.5. The van der Waals surface area contributed by atoms with Crippen LogP contribution in [0, 0.1) is 0 Å². The highest BCUT2D eigenvalue weighted by molar-refractivity contribution is 6.31. The van der Waals surface area contributed by atoms with Crippen molar-refractivity contribution >= 4 is 45.7 Å². The lowest BCUT2D eigenvalue weighted by Gasteiger charge is -2.15. The number of para-hydroxylation sites is 1. The van der Waals surface area contributed by atoms with Crippen LogP contribution in [0.2, 0.25) is 5.02 Å². The van der Waals surface area contributed by atoms with Gasteiger partial charge in [-0.05, 0) is 67.1 Å². The summed E-state index contributed by atoms with van der Waals surface area (Å²) in [5.74, 6) is 0.814. The van der Waals surface area contributed by atoms with Crippen LogP contribution in [0.25, 0.3) is 33.5 Å². The number of hydrogen-bond acceptors (Lipinski definition) is 8. The van der Waals surface area contributed by atoms with E-state index in [-0.39, 0.29) is 11.4 Å². The van der Waals surface area contributed by atoms with E-state index in [2.05, 4.69) is 10.1 Å². The number of carbonyl (C=O) groups excluding carboxylic acids is 1. The summed E-state index contributed by atoms with van der Waals surface area (Å²) in [4.78, 5) is 29.9. The van der Waals surface area contributed by atoms with Crippen molar-refractivity contribution < 1.29 is 23.4 Å². The molecule has 1 atom stereocenters. The van der Waals surface area contributed by atoms with Gasteiger partial charge in [0.1, 0.15) is 5.58 Å². The second-order valence-corrected chi connectivity index (χ2v) is 8.74. The Morgan fingerprint density at radius 3 is 2.68 bits per heavy atom. The molecule has 0 aliphatic heterocycles. The van der Waals surface area contributed by atoms with Gasteiger partial charge in [0.25, 0.3) is 5.56 Å². The van der Waals surface area contributed by atoms with Gasteiger partial charge in [-0.3, -0.25) is 4.79 Å². The van der Waals surface area contributed by atoms with Crippen LogP contribution in [0.3, 0.4) is 0 Å². The molecule has 0 radical (unpaired) electrons. The summed E-state index contributed by atoms with van der Waals surface area (Å²) in [5, 5.41) is 6.20. The zero-order chi connectivity index (χ0) is 26.8. The van der Waals surface area contributed by atoms with E-state index < -0.39 is 12.1 Å². The normalized spacial score (nSPS) is 12.2. The maximum atomic E-state index is 13.5. The molecule has 0 fully saturated rings. The average Bonchev–Trinajstić information content (AvgIpc) is 3.35. The van der Waals surface area contributed by atoms with Gasteiger partial charge in [-0.2, -0.15) is 9.78 Å². The summed E-state index contributed by atoms with van der Waals surface area (Å²) in [6, 6.07) is 19.1. The minimum atomic E-state index is -0.822. The number of halogens is 1. The molecule has 0 unspecified atom stereocenters. The van der Waals surface area contributed by atoms with Crippen LogP contribution in [0.4, 0.5) is 0 Å². The largest absolute Gasteiger partial charge is 0.493 e. The first-order valence-corrected chi connectivity index (χ1v) is 11.9. The number of rotatable bonds is 7. The number of methoxy groups -OCH3 is 2. The SMILES string of the molecule is COC(=O)[C@@H](C)Oc1ccc(C=Nn2c(-c3cc4cc(Cl)ccc4o3)nc3ccccc3c2=O)cc1OC. The smallest absolute Gasteiger partial charge is 0.346 e. The number of furan rings is 1. The molecule has 5 rings (SSSR count). The van der Waals surface area contributed by atoms with Gasteiger partial charge in [-0.25, -0.2) is 9.78 Å². The Bertz CT molecular complexity index is 1760. The fraction of sp³-hybridized carbons (Fsp3) is 0.143. The van der Waals surface area contributed by atoms with Crippen LogP contribution < -0.4 is 15.0 Å². The summed E-state index contributed by atoms with van der Waals surface area (Å²) >= 11 is 6.13. The summed E-state index contributed by atoms with van der Waals surface area (Å²) in [6.45, 7) is 1.58. The van der Waals surface area contributed by atoms with Crippen LogP contribution >= 0.6 is 11.6 Å². The second kappa shape index (κ2) is 10.4. The molecule has 9 nitrogen and oxygen atoms in total. The van der Waals surface area contributed by atoms with Gasteiger partial charge in [0, 0.05) is 10.4 Å². The van der Waals surface area contributed by atoms with E-state index in [9.17, 15) is 9.59 Å². The second-order valence-electron chi connectivity index (χ2n) is 8.30. The Morgan fingerprint density at radius 1 is 1.08 bits per heavy atom. The third kappa shape index (κ3) is 4.83. The Labute approximate surface area is 221 Å². The third-order valence-electron chi connectivity index (χ3n) is 5.80. The highest BCUT2D eigenvalue weighted by Gasteiger charge is 2.18. The standard InChI is InChI=1S/C28H22ClN3O6/c1-16(28(34)36-3)37-23-10-8-17(12-24(23)35-2)15-30-32-26(31-21-7-5-4-6-20(21)27(32)33)25-14-18-13-19(29)9-11-22(18)38-25/h4-16H,1-3H3/t16-/m1/s1. The van der Waals surface area contributed by atoms with E-state index >= 15 is 0 Å². The molecule has 192 valence electrons. The highest BCUT2D eigenvalue weighted by Crippen LogP contribution is 2.30. The van der Waals surface area contributed by atoms with Crippen molar-refractivity contribution in [3.63, 3.8) is 0 Å². The van der Waals surface area contributed by atoms with E-state index in [0.717, 1.165) is 5.39 Å². The molecule has 0 spiro atoms. The first-order chi connectivity index (χ1) is 18.4. The third-order valence-corrected chi connectivity index (χ3v) is 6.03. The predicted molar refractivity (Wildman–Crippen MR) is 144 cm³/mol. The number of esters is 1. The van der Waals surface area contributed by atoms with Gasteiger partial charge in [-0.15, -0.1) is 0 Å². The van der Waals surface area contributed by atoms with Crippen molar-refractivity contribution in [1.82, 2.24) is 9.66 Å². The van der Waals surface area contributed by atoms with Crippen molar-refractivity contribution in [3.05, 3.63) is 87.7 Å². The zero-order valence-corrected chi connectivity index (χ0v) is 21.4. The number of ether oxygens (including phenoxy) is 3.